The molecular weight excluding hydrogens is 416 g/mol. The van der Waals surface area contributed by atoms with Gasteiger partial charge in [0.15, 0.2) is 0 Å². The molecule has 2 aromatic carbocycles. The van der Waals surface area contributed by atoms with Crippen LogP contribution in [0.25, 0.3) is 0 Å². The Morgan fingerprint density at radius 2 is 1.72 bits per heavy atom. The number of nitrogens with one attached hydrogen (secondary N) is 2. The number of methoxy groups -OCH3 is 1. The average molecular weight is 449 g/mol. The van der Waals surface area contributed by atoms with E-state index in [0.29, 0.717) is 40.3 Å². The van der Waals surface area contributed by atoms with E-state index < -0.39 is 0 Å². The molecule has 168 valence electrons. The van der Waals surface area contributed by atoms with Gasteiger partial charge in [0, 0.05) is 29.2 Å². The molecule has 8 unspecified atom stereocenters. The number of fused-ring (bicyclic) bond motifs is 5. The van der Waals surface area contributed by atoms with Crippen molar-refractivity contribution in [3.63, 3.8) is 0 Å². The number of rotatable bonds is 3. The van der Waals surface area contributed by atoms with Crippen LogP contribution in [0.2, 0.25) is 0 Å². The molecule has 0 radical (unpaired) electrons. The van der Waals surface area contributed by atoms with Gasteiger partial charge in [-0.3, -0.25) is 10.1 Å². The van der Waals surface area contributed by atoms with Crippen molar-refractivity contribution in [1.29, 1.82) is 0 Å². The molecule has 1 aliphatic carbocycles. The van der Waals surface area contributed by atoms with Gasteiger partial charge in [-0.15, -0.1) is 11.8 Å². The molecule has 0 spiro atoms. The van der Waals surface area contributed by atoms with Crippen molar-refractivity contribution in [3.05, 3.63) is 65.7 Å². The van der Waals surface area contributed by atoms with Gasteiger partial charge >= 0.3 is 0 Å². The summed E-state index contributed by atoms with van der Waals surface area (Å²) in [6, 6.07) is 20.1. The maximum absolute atomic E-state index is 13.1. The summed E-state index contributed by atoms with van der Waals surface area (Å²) < 4.78 is 5.42. The van der Waals surface area contributed by atoms with E-state index in [0.717, 1.165) is 18.6 Å². The number of piperidine rings is 2. The number of benzene rings is 2. The van der Waals surface area contributed by atoms with Crippen molar-refractivity contribution >= 4 is 17.7 Å². The predicted molar refractivity (Wildman–Crippen MR) is 129 cm³/mol. The van der Waals surface area contributed by atoms with Gasteiger partial charge in [-0.25, -0.2) is 0 Å². The van der Waals surface area contributed by atoms with E-state index in [9.17, 15) is 4.79 Å². The largest absolute Gasteiger partial charge is 0.497 e. The maximum atomic E-state index is 13.1. The van der Waals surface area contributed by atoms with Crippen LogP contribution < -0.4 is 15.4 Å². The zero-order valence-electron chi connectivity index (χ0n) is 18.6. The van der Waals surface area contributed by atoms with Gasteiger partial charge in [0.25, 0.3) is 0 Å². The van der Waals surface area contributed by atoms with Crippen LogP contribution in [0.3, 0.4) is 0 Å². The first-order valence-electron chi connectivity index (χ1n) is 12.1. The van der Waals surface area contributed by atoms with Crippen molar-refractivity contribution in [2.75, 3.05) is 7.11 Å². The first kappa shape index (κ1) is 20.6. The number of ether oxygens (including phenoxy) is 1. The molecule has 3 saturated heterocycles. The van der Waals surface area contributed by atoms with Crippen molar-refractivity contribution in [1.82, 2.24) is 10.6 Å². The minimum absolute atomic E-state index is 0.224. The number of thioether (sulfide) groups is 1. The van der Waals surface area contributed by atoms with Crippen LogP contribution in [0.5, 0.6) is 5.75 Å². The fraction of sp³-hybridized carbons (Fsp3) is 0.519. The molecule has 0 aromatic heterocycles. The lowest BCUT2D eigenvalue weighted by atomic mass is 9.67. The highest BCUT2D eigenvalue weighted by atomic mass is 32.2. The lowest BCUT2D eigenvalue weighted by Crippen LogP contribution is -2.59. The average Bonchev–Trinajstić information content (AvgIpc) is 3.23. The van der Waals surface area contributed by atoms with Gasteiger partial charge in [-0.1, -0.05) is 55.3 Å². The Morgan fingerprint density at radius 3 is 2.50 bits per heavy atom. The second-order valence-corrected chi connectivity index (χ2v) is 11.3. The molecule has 4 fully saturated rings. The molecule has 32 heavy (non-hydrogen) atoms. The zero-order chi connectivity index (χ0) is 21.7. The van der Waals surface area contributed by atoms with E-state index in [1.807, 2.05) is 0 Å². The molecule has 8 atom stereocenters. The maximum Gasteiger partial charge on any atom is 0.223 e. The van der Waals surface area contributed by atoms with E-state index >= 15 is 0 Å². The lowest BCUT2D eigenvalue weighted by Gasteiger charge is -2.45. The number of hydrogen-bond donors (Lipinski definition) is 2. The molecule has 4 aliphatic rings. The van der Waals surface area contributed by atoms with E-state index in [1.54, 1.807) is 7.11 Å². The standard InChI is InChI=1S/C27H32N2O2S/c1-31-18-13-11-16(12-14-18)21-15-22(17-7-3-2-4-8-17)28-27-23(21)24-25(32-27)19-9-5-6-10-20(19)26(30)29-24/h2-4,7-8,11-14,19-25,27-28H,5-6,9-10,15H2,1H3,(H,29,30). The van der Waals surface area contributed by atoms with Crippen LogP contribution in [0, 0.1) is 17.8 Å². The van der Waals surface area contributed by atoms with Gasteiger partial charge in [0.1, 0.15) is 5.75 Å². The van der Waals surface area contributed by atoms with Crippen LogP contribution in [-0.4, -0.2) is 29.7 Å². The Labute approximate surface area is 194 Å². The van der Waals surface area contributed by atoms with Crippen LogP contribution in [0.15, 0.2) is 54.6 Å². The molecule has 1 amide bonds. The highest BCUT2D eigenvalue weighted by Crippen LogP contribution is 2.56. The third kappa shape index (κ3) is 3.45. The Hall–Kier alpha value is -1.98. The summed E-state index contributed by atoms with van der Waals surface area (Å²) in [6.07, 6.45) is 5.80. The van der Waals surface area contributed by atoms with Gasteiger partial charge in [0.05, 0.1) is 12.5 Å². The molecule has 5 heteroatoms. The van der Waals surface area contributed by atoms with Crippen molar-refractivity contribution in [2.45, 2.75) is 60.7 Å². The Kier molecular flexibility index (Phi) is 5.42. The number of hydrogen-bond acceptors (Lipinski definition) is 4. The summed E-state index contributed by atoms with van der Waals surface area (Å²) in [5.41, 5.74) is 2.73. The van der Waals surface area contributed by atoms with E-state index in [-0.39, 0.29) is 12.0 Å². The third-order valence-electron chi connectivity index (χ3n) is 8.37. The normalized spacial score (nSPS) is 38.2. The second kappa shape index (κ2) is 8.42. The van der Waals surface area contributed by atoms with Gasteiger partial charge in [0.2, 0.25) is 5.91 Å². The lowest BCUT2D eigenvalue weighted by molar-refractivity contribution is -0.132. The third-order valence-corrected chi connectivity index (χ3v) is 10.1. The summed E-state index contributed by atoms with van der Waals surface area (Å²) >= 11 is 2.12. The van der Waals surface area contributed by atoms with Gasteiger partial charge in [-0.05, 0) is 54.4 Å². The highest BCUT2D eigenvalue weighted by Gasteiger charge is 2.57. The van der Waals surface area contributed by atoms with Crippen LogP contribution >= 0.6 is 11.8 Å². The molecule has 1 saturated carbocycles. The quantitative estimate of drug-likeness (QED) is 0.703. The van der Waals surface area contributed by atoms with E-state index in [2.05, 4.69) is 77.0 Å². The fourth-order valence-electron chi connectivity index (χ4n) is 6.86. The Morgan fingerprint density at radius 1 is 0.938 bits per heavy atom. The van der Waals surface area contributed by atoms with E-state index in [4.69, 9.17) is 4.74 Å². The molecule has 3 aliphatic heterocycles. The summed E-state index contributed by atoms with van der Waals surface area (Å²) in [7, 11) is 1.72. The zero-order valence-corrected chi connectivity index (χ0v) is 19.4. The van der Waals surface area contributed by atoms with Crippen molar-refractivity contribution in [3.8, 4) is 5.75 Å². The smallest absolute Gasteiger partial charge is 0.223 e. The Bertz CT molecular complexity index is 965. The highest BCUT2D eigenvalue weighted by molar-refractivity contribution is 8.00. The van der Waals surface area contributed by atoms with Crippen LogP contribution in [0.4, 0.5) is 0 Å². The summed E-state index contributed by atoms with van der Waals surface area (Å²) in [4.78, 5) is 13.1. The first-order valence-corrected chi connectivity index (χ1v) is 13.1. The molecule has 2 N–H and O–H groups in total. The van der Waals surface area contributed by atoms with Crippen LogP contribution in [-0.2, 0) is 4.79 Å². The van der Waals surface area contributed by atoms with Crippen molar-refractivity contribution in [2.24, 2.45) is 17.8 Å². The van der Waals surface area contributed by atoms with E-state index in [1.165, 1.54) is 30.4 Å². The molecule has 6 rings (SSSR count). The monoisotopic (exact) mass is 448 g/mol. The van der Waals surface area contributed by atoms with Gasteiger partial charge in [-0.2, -0.15) is 0 Å². The van der Waals surface area contributed by atoms with Crippen molar-refractivity contribution < 1.29 is 9.53 Å². The Balaban J connectivity index is 1.36. The number of carbonyl (C=O) groups is 1. The predicted octanol–water partition coefficient (Wildman–Crippen LogP) is 4.88. The fourth-order valence-corrected chi connectivity index (χ4v) is 8.93. The summed E-state index contributed by atoms with van der Waals surface area (Å²) in [5, 5.41) is 8.42. The SMILES string of the molecule is COc1ccc(C2CC(c3ccccc3)NC3SC4C5CCCCC5C(=O)NC4C32)cc1. The minimum Gasteiger partial charge on any atom is -0.497 e. The molecule has 4 nitrogen and oxygen atoms in total. The number of amides is 1. The van der Waals surface area contributed by atoms with Crippen LogP contribution in [0.1, 0.15) is 55.2 Å². The summed E-state index contributed by atoms with van der Waals surface area (Å²) in [6.45, 7) is 0. The first-order chi connectivity index (χ1) is 15.7. The molecule has 2 aromatic rings. The molecular formula is C27H32N2O2S. The molecule has 0 bridgehead atoms. The summed E-state index contributed by atoms with van der Waals surface area (Å²) in [5.74, 6) is 2.78. The number of carbonyl (C=O) groups excluding carboxylic acids is 1. The van der Waals surface area contributed by atoms with Gasteiger partial charge < -0.3 is 10.1 Å². The topological polar surface area (TPSA) is 50.4 Å². The second-order valence-electron chi connectivity index (χ2n) is 9.93. The molecule has 3 heterocycles. The minimum atomic E-state index is 0.224.